The summed E-state index contributed by atoms with van der Waals surface area (Å²) < 4.78 is 2.01. The van der Waals surface area contributed by atoms with Crippen LogP contribution >= 0.6 is 0 Å². The molecule has 4 rings (SSSR count). The number of aromatic nitrogens is 2. The third kappa shape index (κ3) is 2.44. The maximum atomic E-state index is 13.0. The third-order valence-electron chi connectivity index (χ3n) is 5.36. The van der Waals surface area contributed by atoms with Crippen LogP contribution in [0, 0.1) is 6.92 Å². The fraction of sp³-hybridized carbons (Fsp3) is 0.474. The number of likely N-dealkylation sites (N-methyl/N-ethyl adjacent to an activating group) is 1. The van der Waals surface area contributed by atoms with Gasteiger partial charge in [0, 0.05) is 30.4 Å². The molecule has 1 atom stereocenters. The predicted octanol–water partition coefficient (Wildman–Crippen LogP) is 2.10. The van der Waals surface area contributed by atoms with E-state index < -0.39 is 0 Å². The van der Waals surface area contributed by atoms with Gasteiger partial charge >= 0.3 is 0 Å². The SMILES string of the molecule is CN[C@@H]1CCN(C(=O)c2nn(-c3ccccc3C)c3c2CCC3)C1. The zero-order chi connectivity index (χ0) is 16.7. The van der Waals surface area contributed by atoms with Crippen LogP contribution in [0.25, 0.3) is 5.69 Å². The smallest absolute Gasteiger partial charge is 0.274 e. The number of hydrogen-bond donors (Lipinski definition) is 1. The second-order valence-electron chi connectivity index (χ2n) is 6.85. The van der Waals surface area contributed by atoms with Gasteiger partial charge in [-0.2, -0.15) is 5.10 Å². The van der Waals surface area contributed by atoms with Crippen LogP contribution in [-0.4, -0.2) is 46.8 Å². The summed E-state index contributed by atoms with van der Waals surface area (Å²) in [6.07, 6.45) is 4.09. The van der Waals surface area contributed by atoms with Gasteiger partial charge in [-0.3, -0.25) is 4.79 Å². The molecule has 1 saturated heterocycles. The molecule has 0 radical (unpaired) electrons. The fourth-order valence-electron chi connectivity index (χ4n) is 3.94. The van der Waals surface area contributed by atoms with Crippen molar-refractivity contribution < 1.29 is 4.79 Å². The average molecular weight is 324 g/mol. The molecule has 1 N–H and O–H groups in total. The van der Waals surface area contributed by atoms with Crippen molar-refractivity contribution in [2.45, 2.75) is 38.6 Å². The lowest BCUT2D eigenvalue weighted by Gasteiger charge is -2.15. The molecular weight excluding hydrogens is 300 g/mol. The lowest BCUT2D eigenvalue weighted by atomic mass is 10.1. The molecule has 126 valence electrons. The van der Waals surface area contributed by atoms with Gasteiger partial charge in [-0.05, 0) is 51.3 Å². The third-order valence-corrected chi connectivity index (χ3v) is 5.36. The fourth-order valence-corrected chi connectivity index (χ4v) is 3.94. The van der Waals surface area contributed by atoms with E-state index in [0.717, 1.165) is 50.0 Å². The molecular formula is C19H24N4O. The molecule has 0 spiro atoms. The van der Waals surface area contributed by atoms with E-state index in [4.69, 9.17) is 5.10 Å². The van der Waals surface area contributed by atoms with Crippen molar-refractivity contribution in [2.75, 3.05) is 20.1 Å². The van der Waals surface area contributed by atoms with Gasteiger partial charge < -0.3 is 10.2 Å². The van der Waals surface area contributed by atoms with E-state index in [2.05, 4.69) is 24.4 Å². The molecule has 2 heterocycles. The Labute approximate surface area is 142 Å². The molecule has 1 aliphatic carbocycles. The maximum Gasteiger partial charge on any atom is 0.274 e. The van der Waals surface area contributed by atoms with Crippen LogP contribution in [0.15, 0.2) is 24.3 Å². The van der Waals surface area contributed by atoms with Crippen molar-refractivity contribution >= 4 is 5.91 Å². The molecule has 1 aromatic carbocycles. The lowest BCUT2D eigenvalue weighted by Crippen LogP contribution is -2.34. The number of fused-ring (bicyclic) bond motifs is 1. The first-order valence-corrected chi connectivity index (χ1v) is 8.82. The monoisotopic (exact) mass is 324 g/mol. The Hall–Kier alpha value is -2.14. The predicted molar refractivity (Wildman–Crippen MR) is 93.7 cm³/mol. The Morgan fingerprint density at radius 2 is 2.12 bits per heavy atom. The molecule has 1 aliphatic heterocycles. The highest BCUT2D eigenvalue weighted by molar-refractivity contribution is 5.94. The Morgan fingerprint density at radius 3 is 2.88 bits per heavy atom. The van der Waals surface area contributed by atoms with Crippen LogP contribution in [0.3, 0.4) is 0 Å². The number of para-hydroxylation sites is 1. The van der Waals surface area contributed by atoms with Gasteiger partial charge in [-0.15, -0.1) is 0 Å². The van der Waals surface area contributed by atoms with Crippen LogP contribution in [0.1, 0.15) is 40.2 Å². The van der Waals surface area contributed by atoms with E-state index in [1.165, 1.54) is 11.3 Å². The molecule has 0 bridgehead atoms. The van der Waals surface area contributed by atoms with E-state index in [-0.39, 0.29) is 5.91 Å². The molecule has 5 heteroatoms. The quantitative estimate of drug-likeness (QED) is 0.941. The molecule has 5 nitrogen and oxygen atoms in total. The van der Waals surface area contributed by atoms with Gasteiger partial charge in [0.1, 0.15) is 0 Å². The summed E-state index contributed by atoms with van der Waals surface area (Å²) in [6.45, 7) is 3.69. The highest BCUT2D eigenvalue weighted by Crippen LogP contribution is 2.30. The highest BCUT2D eigenvalue weighted by Gasteiger charge is 2.32. The minimum absolute atomic E-state index is 0.0956. The molecule has 1 fully saturated rings. The molecule has 24 heavy (non-hydrogen) atoms. The molecule has 1 amide bonds. The zero-order valence-corrected chi connectivity index (χ0v) is 14.4. The van der Waals surface area contributed by atoms with E-state index in [1.807, 2.05) is 28.8 Å². The number of nitrogens with zero attached hydrogens (tertiary/aromatic N) is 3. The van der Waals surface area contributed by atoms with Crippen molar-refractivity contribution in [3.8, 4) is 5.69 Å². The first-order chi connectivity index (χ1) is 11.7. The summed E-state index contributed by atoms with van der Waals surface area (Å²) in [6, 6.07) is 8.65. The minimum Gasteiger partial charge on any atom is -0.336 e. The van der Waals surface area contributed by atoms with Gasteiger partial charge in [-0.25, -0.2) is 4.68 Å². The second-order valence-corrected chi connectivity index (χ2v) is 6.85. The number of aryl methyl sites for hydroxylation is 1. The Bertz CT molecular complexity index is 780. The number of nitrogens with one attached hydrogen (secondary N) is 1. The number of amides is 1. The van der Waals surface area contributed by atoms with E-state index in [1.54, 1.807) is 0 Å². The molecule has 1 aromatic heterocycles. The Balaban J connectivity index is 1.72. The normalized spacial score (nSPS) is 19.8. The van der Waals surface area contributed by atoms with Crippen LogP contribution in [0.2, 0.25) is 0 Å². The lowest BCUT2D eigenvalue weighted by molar-refractivity contribution is 0.0782. The van der Waals surface area contributed by atoms with E-state index in [9.17, 15) is 4.79 Å². The molecule has 0 saturated carbocycles. The van der Waals surface area contributed by atoms with Gasteiger partial charge in [0.05, 0.1) is 5.69 Å². The summed E-state index contributed by atoms with van der Waals surface area (Å²) in [4.78, 5) is 15.0. The average Bonchev–Trinajstić information content (AvgIpc) is 3.31. The summed E-state index contributed by atoms with van der Waals surface area (Å²) in [5, 5.41) is 8.03. The highest BCUT2D eigenvalue weighted by atomic mass is 16.2. The van der Waals surface area contributed by atoms with Crippen LogP contribution in [0.4, 0.5) is 0 Å². The number of benzene rings is 1. The van der Waals surface area contributed by atoms with Gasteiger partial charge in [0.15, 0.2) is 5.69 Å². The Morgan fingerprint density at radius 1 is 1.29 bits per heavy atom. The van der Waals surface area contributed by atoms with Crippen molar-refractivity contribution in [1.82, 2.24) is 20.0 Å². The summed E-state index contributed by atoms with van der Waals surface area (Å²) in [5.41, 5.74) is 5.32. The molecule has 2 aromatic rings. The number of rotatable bonds is 3. The van der Waals surface area contributed by atoms with Crippen molar-refractivity contribution in [3.05, 3.63) is 46.8 Å². The van der Waals surface area contributed by atoms with Gasteiger partial charge in [-0.1, -0.05) is 18.2 Å². The topological polar surface area (TPSA) is 50.2 Å². The molecule has 2 aliphatic rings. The van der Waals surface area contributed by atoms with Crippen molar-refractivity contribution in [3.63, 3.8) is 0 Å². The number of carbonyl (C=O) groups excluding carboxylic acids is 1. The minimum atomic E-state index is 0.0956. The van der Waals surface area contributed by atoms with E-state index >= 15 is 0 Å². The molecule has 0 unspecified atom stereocenters. The van der Waals surface area contributed by atoms with Crippen molar-refractivity contribution in [2.24, 2.45) is 0 Å². The maximum absolute atomic E-state index is 13.0. The van der Waals surface area contributed by atoms with Crippen LogP contribution < -0.4 is 5.32 Å². The van der Waals surface area contributed by atoms with Gasteiger partial charge in [0.25, 0.3) is 5.91 Å². The largest absolute Gasteiger partial charge is 0.336 e. The number of carbonyl (C=O) groups is 1. The zero-order valence-electron chi connectivity index (χ0n) is 14.4. The van der Waals surface area contributed by atoms with E-state index in [0.29, 0.717) is 11.7 Å². The summed E-state index contributed by atoms with van der Waals surface area (Å²) in [7, 11) is 1.96. The second kappa shape index (κ2) is 6.06. The first-order valence-electron chi connectivity index (χ1n) is 8.82. The van der Waals surface area contributed by atoms with Crippen LogP contribution in [-0.2, 0) is 12.8 Å². The summed E-state index contributed by atoms with van der Waals surface area (Å²) >= 11 is 0. The Kier molecular flexibility index (Phi) is 3.88. The summed E-state index contributed by atoms with van der Waals surface area (Å²) in [5.74, 6) is 0.0956. The number of hydrogen-bond acceptors (Lipinski definition) is 3. The first kappa shape index (κ1) is 15.4. The van der Waals surface area contributed by atoms with Crippen molar-refractivity contribution in [1.29, 1.82) is 0 Å². The van der Waals surface area contributed by atoms with Gasteiger partial charge in [0.2, 0.25) is 0 Å². The number of likely N-dealkylation sites (tertiary alicyclic amines) is 1. The standard InChI is InChI=1S/C19H24N4O/c1-13-6-3-4-8-16(13)23-17-9-5-7-15(17)18(21-23)19(24)22-11-10-14(12-22)20-2/h3-4,6,8,14,20H,5,7,9-12H2,1-2H3/t14-/m1/s1. The van der Waals surface area contributed by atoms with Crippen LogP contribution in [0.5, 0.6) is 0 Å².